The number of hydrogen-bond donors (Lipinski definition) is 1. The molecular weight excluding hydrogens is 345 g/mol. The second kappa shape index (κ2) is 6.37. The Kier molecular flexibility index (Phi) is 4.78. The molecule has 0 radical (unpaired) electrons. The molecule has 0 bridgehead atoms. The lowest BCUT2D eigenvalue weighted by Crippen LogP contribution is -2.15. The summed E-state index contributed by atoms with van der Waals surface area (Å²) in [7, 11) is 0. The summed E-state index contributed by atoms with van der Waals surface area (Å²) in [6, 6.07) is 9.84. The summed E-state index contributed by atoms with van der Waals surface area (Å²) in [5.74, 6) is -0.787. The second-order valence-electron chi connectivity index (χ2n) is 4.39. The molecule has 0 heterocycles. The lowest BCUT2D eigenvalue weighted by Gasteiger charge is -2.08. The van der Waals surface area contributed by atoms with Crippen molar-refractivity contribution in [1.29, 1.82) is 0 Å². The van der Waals surface area contributed by atoms with E-state index in [1.807, 2.05) is 13.0 Å². The van der Waals surface area contributed by atoms with Gasteiger partial charge in [-0.25, -0.2) is 4.39 Å². The zero-order chi connectivity index (χ0) is 14.7. The summed E-state index contributed by atoms with van der Waals surface area (Å²) < 4.78 is 14.5. The first-order valence-electron chi connectivity index (χ1n) is 5.96. The number of benzene rings is 2. The van der Waals surface area contributed by atoms with Crippen LogP contribution in [0, 0.1) is 12.7 Å². The number of hydrogen-bond acceptors (Lipinski definition) is 1. The van der Waals surface area contributed by atoms with E-state index in [9.17, 15) is 9.18 Å². The topological polar surface area (TPSA) is 29.1 Å². The van der Waals surface area contributed by atoms with Gasteiger partial charge in [-0.05, 0) is 36.8 Å². The molecule has 0 aliphatic carbocycles. The summed E-state index contributed by atoms with van der Waals surface area (Å²) in [6.07, 6.45) is -0.100. The fourth-order valence-electron chi connectivity index (χ4n) is 1.74. The highest BCUT2D eigenvalue weighted by Gasteiger charge is 2.12. The summed E-state index contributed by atoms with van der Waals surface area (Å²) >= 11 is 9.29. The van der Waals surface area contributed by atoms with Gasteiger partial charge in [-0.3, -0.25) is 4.79 Å². The predicted octanol–water partition coefficient (Wildman–Crippen LogP) is 4.73. The summed E-state index contributed by atoms with van der Waals surface area (Å²) in [5, 5.41) is 2.97. The molecule has 2 rings (SSSR count). The number of nitrogens with one attached hydrogen (secondary N) is 1. The second-order valence-corrected chi connectivity index (χ2v) is 5.65. The largest absolute Gasteiger partial charge is 0.326 e. The van der Waals surface area contributed by atoms with Gasteiger partial charge in [0, 0.05) is 20.7 Å². The molecule has 1 amide bonds. The van der Waals surface area contributed by atoms with E-state index in [2.05, 4.69) is 21.2 Å². The highest BCUT2D eigenvalue weighted by Crippen LogP contribution is 2.22. The SMILES string of the molecule is Cc1ccc(NC(=O)Cc2c(F)cccc2Cl)cc1Br. The van der Waals surface area contributed by atoms with Gasteiger partial charge in [-0.15, -0.1) is 0 Å². The average Bonchev–Trinajstić information content (AvgIpc) is 2.38. The van der Waals surface area contributed by atoms with E-state index in [4.69, 9.17) is 11.6 Å². The van der Waals surface area contributed by atoms with E-state index in [0.29, 0.717) is 5.69 Å². The van der Waals surface area contributed by atoms with Gasteiger partial charge in [-0.1, -0.05) is 39.7 Å². The summed E-state index contributed by atoms with van der Waals surface area (Å²) in [5.41, 5.74) is 1.93. The number of rotatable bonds is 3. The first-order valence-corrected chi connectivity index (χ1v) is 7.13. The molecule has 2 aromatic rings. The molecule has 2 nitrogen and oxygen atoms in total. The standard InChI is InChI=1S/C15H12BrClFNO/c1-9-5-6-10(7-12(9)16)19-15(20)8-11-13(17)3-2-4-14(11)18/h2-7H,8H2,1H3,(H,19,20). The lowest BCUT2D eigenvalue weighted by molar-refractivity contribution is -0.115. The normalized spacial score (nSPS) is 10.4. The van der Waals surface area contributed by atoms with E-state index in [1.54, 1.807) is 18.2 Å². The van der Waals surface area contributed by atoms with Crippen LogP contribution in [0.2, 0.25) is 5.02 Å². The molecule has 1 N–H and O–H groups in total. The Bertz CT molecular complexity index is 640. The Morgan fingerprint density at radius 1 is 1.35 bits per heavy atom. The number of amides is 1. The van der Waals surface area contributed by atoms with Crippen molar-refractivity contribution in [3.05, 3.63) is 62.8 Å². The molecule has 5 heteroatoms. The molecule has 0 saturated heterocycles. The van der Waals surface area contributed by atoms with E-state index in [1.165, 1.54) is 12.1 Å². The number of carbonyl (C=O) groups excluding carboxylic acids is 1. The van der Waals surface area contributed by atoms with Crippen molar-refractivity contribution in [2.45, 2.75) is 13.3 Å². The molecule has 104 valence electrons. The van der Waals surface area contributed by atoms with Crippen LogP contribution >= 0.6 is 27.5 Å². The molecule has 0 saturated carbocycles. The van der Waals surface area contributed by atoms with Crippen molar-refractivity contribution >= 4 is 39.1 Å². The van der Waals surface area contributed by atoms with Crippen molar-refractivity contribution < 1.29 is 9.18 Å². The molecule has 0 aliphatic rings. The number of halogens is 3. The van der Waals surface area contributed by atoms with Crippen LogP contribution in [0.3, 0.4) is 0 Å². The lowest BCUT2D eigenvalue weighted by atomic mass is 10.1. The van der Waals surface area contributed by atoms with Crippen LogP contribution in [0.5, 0.6) is 0 Å². The molecule has 0 atom stereocenters. The maximum atomic E-state index is 13.6. The zero-order valence-corrected chi connectivity index (χ0v) is 13.1. The third-order valence-electron chi connectivity index (χ3n) is 2.85. The number of aryl methyl sites for hydroxylation is 1. The van der Waals surface area contributed by atoms with Crippen LogP contribution in [0.25, 0.3) is 0 Å². The van der Waals surface area contributed by atoms with Gasteiger partial charge in [0.1, 0.15) is 5.82 Å². The Balaban J connectivity index is 2.11. The van der Waals surface area contributed by atoms with Gasteiger partial charge < -0.3 is 5.32 Å². The number of carbonyl (C=O) groups is 1. The average molecular weight is 357 g/mol. The highest BCUT2D eigenvalue weighted by molar-refractivity contribution is 9.10. The van der Waals surface area contributed by atoms with E-state index in [-0.39, 0.29) is 22.9 Å². The molecular formula is C15H12BrClFNO. The fourth-order valence-corrected chi connectivity index (χ4v) is 2.35. The van der Waals surface area contributed by atoms with Crippen molar-refractivity contribution in [2.24, 2.45) is 0 Å². The molecule has 0 fully saturated rings. The predicted molar refractivity (Wildman–Crippen MR) is 82.6 cm³/mol. The Hall–Kier alpha value is -1.39. The summed E-state index contributed by atoms with van der Waals surface area (Å²) in [6.45, 7) is 1.95. The van der Waals surface area contributed by atoms with Crippen LogP contribution in [0.4, 0.5) is 10.1 Å². The maximum absolute atomic E-state index is 13.6. The Morgan fingerprint density at radius 3 is 2.75 bits per heavy atom. The van der Waals surface area contributed by atoms with Crippen LogP contribution in [0.1, 0.15) is 11.1 Å². The van der Waals surface area contributed by atoms with Crippen LogP contribution in [-0.2, 0) is 11.2 Å². The first kappa shape index (κ1) is 15.0. The van der Waals surface area contributed by atoms with Gasteiger partial charge in [0.25, 0.3) is 0 Å². The monoisotopic (exact) mass is 355 g/mol. The third kappa shape index (κ3) is 3.58. The minimum Gasteiger partial charge on any atom is -0.326 e. The smallest absolute Gasteiger partial charge is 0.228 e. The first-order chi connectivity index (χ1) is 9.47. The quantitative estimate of drug-likeness (QED) is 0.846. The zero-order valence-electron chi connectivity index (χ0n) is 10.7. The molecule has 0 unspecified atom stereocenters. The van der Waals surface area contributed by atoms with E-state index in [0.717, 1.165) is 10.0 Å². The van der Waals surface area contributed by atoms with Crippen molar-refractivity contribution in [1.82, 2.24) is 0 Å². The maximum Gasteiger partial charge on any atom is 0.228 e. The highest BCUT2D eigenvalue weighted by atomic mass is 79.9. The molecule has 0 aliphatic heterocycles. The molecule has 0 aromatic heterocycles. The Labute approximate surface area is 130 Å². The molecule has 0 spiro atoms. The van der Waals surface area contributed by atoms with Crippen LogP contribution in [0.15, 0.2) is 40.9 Å². The Morgan fingerprint density at radius 2 is 2.10 bits per heavy atom. The number of anilines is 1. The van der Waals surface area contributed by atoms with Crippen molar-refractivity contribution in [2.75, 3.05) is 5.32 Å². The molecule has 2 aromatic carbocycles. The van der Waals surface area contributed by atoms with Gasteiger partial charge >= 0.3 is 0 Å². The van der Waals surface area contributed by atoms with E-state index >= 15 is 0 Å². The summed E-state index contributed by atoms with van der Waals surface area (Å²) in [4.78, 5) is 11.9. The van der Waals surface area contributed by atoms with Crippen LogP contribution < -0.4 is 5.32 Å². The molecule has 20 heavy (non-hydrogen) atoms. The minimum absolute atomic E-state index is 0.100. The van der Waals surface area contributed by atoms with Crippen molar-refractivity contribution in [3.8, 4) is 0 Å². The third-order valence-corrected chi connectivity index (χ3v) is 4.06. The fraction of sp³-hybridized carbons (Fsp3) is 0.133. The van der Waals surface area contributed by atoms with E-state index < -0.39 is 5.82 Å². The van der Waals surface area contributed by atoms with Gasteiger partial charge in [0.2, 0.25) is 5.91 Å². The van der Waals surface area contributed by atoms with Gasteiger partial charge in [0.05, 0.1) is 6.42 Å². The van der Waals surface area contributed by atoms with Crippen molar-refractivity contribution in [3.63, 3.8) is 0 Å². The van der Waals surface area contributed by atoms with Crippen LogP contribution in [-0.4, -0.2) is 5.91 Å². The van der Waals surface area contributed by atoms with Gasteiger partial charge in [-0.2, -0.15) is 0 Å². The minimum atomic E-state index is -0.474. The van der Waals surface area contributed by atoms with Gasteiger partial charge in [0.15, 0.2) is 0 Å².